The van der Waals surface area contributed by atoms with Gasteiger partial charge >= 0.3 is 11.1 Å². The van der Waals surface area contributed by atoms with Gasteiger partial charge < -0.3 is 5.32 Å². The molecule has 0 aliphatic heterocycles. The Labute approximate surface area is 128 Å². The highest BCUT2D eigenvalue weighted by molar-refractivity contribution is 7.99. The standard InChI is InChI=1S/C14H24N4O2S/c1-5-8-15-10-9(6-7-14(10,2)3)21-13-16-11(19)12(20)17-18(13)4/h9-10,15H,5-8H2,1-4H3,(H,17,20). The molecule has 6 nitrogen and oxygen atoms in total. The van der Waals surface area contributed by atoms with Gasteiger partial charge in [-0.3, -0.25) is 19.4 Å². The second-order valence-corrected chi connectivity index (χ2v) is 7.52. The van der Waals surface area contributed by atoms with E-state index in [1.807, 2.05) is 0 Å². The Hall–Kier alpha value is -1.08. The smallest absolute Gasteiger partial charge is 0.312 e. The molecule has 1 aliphatic rings. The second kappa shape index (κ2) is 6.36. The van der Waals surface area contributed by atoms with Crippen LogP contribution >= 0.6 is 11.8 Å². The Balaban J connectivity index is 2.20. The highest BCUT2D eigenvalue weighted by Gasteiger charge is 2.42. The van der Waals surface area contributed by atoms with Crippen molar-refractivity contribution in [1.82, 2.24) is 20.1 Å². The first-order valence-electron chi connectivity index (χ1n) is 7.42. The molecule has 0 spiro atoms. The lowest BCUT2D eigenvalue weighted by Crippen LogP contribution is -2.44. The number of hydrogen-bond acceptors (Lipinski definition) is 5. The molecule has 0 saturated heterocycles. The lowest BCUT2D eigenvalue weighted by Gasteiger charge is -2.31. The first kappa shape index (κ1) is 16.3. The molecule has 21 heavy (non-hydrogen) atoms. The summed E-state index contributed by atoms with van der Waals surface area (Å²) in [6.07, 6.45) is 3.32. The van der Waals surface area contributed by atoms with E-state index in [1.165, 1.54) is 4.68 Å². The summed E-state index contributed by atoms with van der Waals surface area (Å²) in [5, 5.41) is 7.07. The van der Waals surface area contributed by atoms with E-state index < -0.39 is 11.1 Å². The van der Waals surface area contributed by atoms with Gasteiger partial charge in [-0.25, -0.2) is 0 Å². The molecule has 2 rings (SSSR count). The van der Waals surface area contributed by atoms with Crippen LogP contribution in [0.2, 0.25) is 0 Å². The Morgan fingerprint density at radius 2 is 2.19 bits per heavy atom. The molecule has 1 saturated carbocycles. The van der Waals surface area contributed by atoms with Crippen LogP contribution in [0.1, 0.15) is 40.0 Å². The summed E-state index contributed by atoms with van der Waals surface area (Å²) in [7, 11) is 1.71. The Kier molecular flexibility index (Phi) is 4.93. The van der Waals surface area contributed by atoms with E-state index in [2.05, 4.69) is 36.2 Å². The predicted octanol–water partition coefficient (Wildman–Crippen LogP) is 1.12. The van der Waals surface area contributed by atoms with Crippen LogP contribution in [0.4, 0.5) is 0 Å². The average Bonchev–Trinajstić information content (AvgIpc) is 2.69. The van der Waals surface area contributed by atoms with Gasteiger partial charge in [-0.2, -0.15) is 4.98 Å². The highest BCUT2D eigenvalue weighted by atomic mass is 32.2. The van der Waals surface area contributed by atoms with E-state index in [9.17, 15) is 9.59 Å². The van der Waals surface area contributed by atoms with Crippen molar-refractivity contribution in [2.24, 2.45) is 12.5 Å². The third-order valence-electron chi connectivity index (χ3n) is 4.11. The van der Waals surface area contributed by atoms with Gasteiger partial charge in [-0.05, 0) is 31.2 Å². The average molecular weight is 312 g/mol. The van der Waals surface area contributed by atoms with E-state index >= 15 is 0 Å². The molecule has 2 atom stereocenters. The third kappa shape index (κ3) is 3.58. The first-order valence-corrected chi connectivity index (χ1v) is 8.30. The molecular weight excluding hydrogens is 288 g/mol. The molecule has 1 aliphatic carbocycles. The Morgan fingerprint density at radius 3 is 2.86 bits per heavy atom. The van der Waals surface area contributed by atoms with Gasteiger partial charge in [0, 0.05) is 18.3 Å². The zero-order chi connectivity index (χ0) is 15.6. The largest absolute Gasteiger partial charge is 0.339 e. The third-order valence-corrected chi connectivity index (χ3v) is 5.49. The van der Waals surface area contributed by atoms with Crippen molar-refractivity contribution in [3.05, 3.63) is 20.7 Å². The molecule has 1 aromatic rings. The quantitative estimate of drug-likeness (QED) is 0.796. The minimum atomic E-state index is -0.717. The maximum atomic E-state index is 11.4. The zero-order valence-electron chi connectivity index (χ0n) is 13.1. The number of aromatic amines is 1. The van der Waals surface area contributed by atoms with Gasteiger partial charge in [0.2, 0.25) is 0 Å². The van der Waals surface area contributed by atoms with Crippen LogP contribution in [-0.4, -0.2) is 32.6 Å². The molecule has 1 aromatic heterocycles. The minimum Gasteiger partial charge on any atom is -0.312 e. The van der Waals surface area contributed by atoms with Crippen molar-refractivity contribution in [1.29, 1.82) is 0 Å². The molecule has 0 radical (unpaired) electrons. The fraction of sp³-hybridized carbons (Fsp3) is 0.786. The summed E-state index contributed by atoms with van der Waals surface area (Å²) >= 11 is 1.58. The van der Waals surface area contributed by atoms with Crippen molar-refractivity contribution >= 4 is 11.8 Å². The number of aromatic nitrogens is 3. The van der Waals surface area contributed by atoms with Crippen molar-refractivity contribution in [3.63, 3.8) is 0 Å². The second-order valence-electron chi connectivity index (χ2n) is 6.31. The van der Waals surface area contributed by atoms with E-state index in [4.69, 9.17) is 0 Å². The van der Waals surface area contributed by atoms with Gasteiger partial charge in [0.1, 0.15) is 0 Å². The molecule has 2 unspecified atom stereocenters. The summed E-state index contributed by atoms with van der Waals surface area (Å²) in [6, 6.07) is 0.381. The molecule has 0 amide bonds. The normalized spacial score (nSPS) is 24.4. The SMILES string of the molecule is CCCNC1C(Sc2nc(=O)c(=O)[nH]n2C)CCC1(C)C. The molecule has 7 heteroatoms. The predicted molar refractivity (Wildman–Crippen MR) is 84.8 cm³/mol. The molecular formula is C14H24N4O2S. The van der Waals surface area contributed by atoms with E-state index in [-0.39, 0.29) is 5.41 Å². The number of rotatable bonds is 5. The Bertz CT molecular complexity index is 608. The van der Waals surface area contributed by atoms with Gasteiger partial charge in [0.15, 0.2) is 5.16 Å². The van der Waals surface area contributed by atoms with Crippen molar-refractivity contribution in [2.75, 3.05) is 6.54 Å². The summed E-state index contributed by atoms with van der Waals surface area (Å²) < 4.78 is 1.54. The first-order chi connectivity index (χ1) is 9.85. The topological polar surface area (TPSA) is 79.8 Å². The molecule has 1 heterocycles. The number of nitrogens with one attached hydrogen (secondary N) is 2. The molecule has 2 N–H and O–H groups in total. The number of thioether (sulfide) groups is 1. The van der Waals surface area contributed by atoms with Crippen molar-refractivity contribution in [3.8, 4) is 0 Å². The van der Waals surface area contributed by atoms with Crippen LogP contribution in [0.3, 0.4) is 0 Å². The monoisotopic (exact) mass is 312 g/mol. The van der Waals surface area contributed by atoms with Crippen LogP contribution < -0.4 is 16.4 Å². The Morgan fingerprint density at radius 1 is 1.48 bits per heavy atom. The highest BCUT2D eigenvalue weighted by Crippen LogP contribution is 2.44. The van der Waals surface area contributed by atoms with E-state index in [0.29, 0.717) is 16.4 Å². The van der Waals surface area contributed by atoms with Gasteiger partial charge in [0.25, 0.3) is 0 Å². The maximum Gasteiger partial charge on any atom is 0.339 e. The fourth-order valence-electron chi connectivity index (χ4n) is 2.88. The maximum absolute atomic E-state index is 11.4. The lowest BCUT2D eigenvalue weighted by molar-refractivity contribution is 0.287. The number of H-pyrrole nitrogens is 1. The molecule has 118 valence electrons. The summed E-state index contributed by atoms with van der Waals surface area (Å²) in [5.74, 6) is 0. The molecule has 1 fully saturated rings. The van der Waals surface area contributed by atoms with Crippen LogP contribution in [0.25, 0.3) is 0 Å². The van der Waals surface area contributed by atoms with Gasteiger partial charge in [-0.15, -0.1) is 0 Å². The fourth-order valence-corrected chi connectivity index (χ4v) is 4.32. The van der Waals surface area contributed by atoms with E-state index in [1.54, 1.807) is 18.8 Å². The van der Waals surface area contributed by atoms with Gasteiger partial charge in [-0.1, -0.05) is 32.5 Å². The molecule has 0 bridgehead atoms. The van der Waals surface area contributed by atoms with Crippen LogP contribution in [0, 0.1) is 5.41 Å². The number of nitrogens with zero attached hydrogens (tertiary/aromatic N) is 2. The zero-order valence-corrected chi connectivity index (χ0v) is 13.9. The number of aryl methyl sites for hydroxylation is 1. The van der Waals surface area contributed by atoms with Crippen molar-refractivity contribution < 1.29 is 0 Å². The summed E-state index contributed by atoms with van der Waals surface area (Å²) in [5.41, 5.74) is -1.16. The van der Waals surface area contributed by atoms with Crippen LogP contribution in [-0.2, 0) is 7.05 Å². The van der Waals surface area contributed by atoms with E-state index in [0.717, 1.165) is 25.8 Å². The minimum absolute atomic E-state index is 0.230. The van der Waals surface area contributed by atoms with Crippen LogP contribution in [0.15, 0.2) is 14.7 Å². The molecule has 0 aromatic carbocycles. The summed E-state index contributed by atoms with van der Waals surface area (Å²) in [4.78, 5) is 26.6. The number of hydrogen-bond donors (Lipinski definition) is 2. The van der Waals surface area contributed by atoms with Crippen molar-refractivity contribution in [2.45, 2.75) is 56.5 Å². The van der Waals surface area contributed by atoms with Crippen LogP contribution in [0.5, 0.6) is 0 Å². The lowest BCUT2D eigenvalue weighted by atomic mass is 9.87. The van der Waals surface area contributed by atoms with Gasteiger partial charge in [0.05, 0.1) is 0 Å². The summed E-state index contributed by atoms with van der Waals surface area (Å²) in [6.45, 7) is 7.70.